The van der Waals surface area contributed by atoms with E-state index in [0.717, 1.165) is 22.1 Å². The number of hydrogen-bond acceptors (Lipinski definition) is 9. The van der Waals surface area contributed by atoms with E-state index in [0.29, 0.717) is 37.3 Å². The molecule has 2 aromatic carbocycles. The van der Waals surface area contributed by atoms with Crippen LogP contribution in [-0.4, -0.2) is 100 Å². The Labute approximate surface area is 301 Å². The number of halogens is 3. The van der Waals surface area contributed by atoms with Crippen LogP contribution in [0, 0.1) is 5.92 Å². The first-order chi connectivity index (χ1) is 24.8. The molecule has 1 amide bonds. The van der Waals surface area contributed by atoms with E-state index in [1.807, 2.05) is 79.4 Å². The van der Waals surface area contributed by atoms with Crippen LogP contribution in [-0.2, 0) is 28.0 Å². The number of aliphatic hydroxyl groups excluding tert-OH is 2. The van der Waals surface area contributed by atoms with Crippen molar-refractivity contribution in [3.8, 4) is 0 Å². The molecule has 2 aromatic heterocycles. The number of carbonyl (C=O) groups is 2. The van der Waals surface area contributed by atoms with Crippen LogP contribution in [0.1, 0.15) is 48.8 Å². The molecule has 4 N–H and O–H groups in total. The number of benzene rings is 2. The molecular weight excluding hydrogens is 675 g/mol. The first-order valence-corrected chi connectivity index (χ1v) is 17.7. The summed E-state index contributed by atoms with van der Waals surface area (Å²) in [6.45, 7) is 3.21. The van der Waals surface area contributed by atoms with Crippen molar-refractivity contribution >= 4 is 22.7 Å². The molecule has 278 valence electrons. The van der Waals surface area contributed by atoms with Gasteiger partial charge in [0.2, 0.25) is 5.91 Å². The average Bonchev–Trinajstić information content (AvgIpc) is 3.69. The van der Waals surface area contributed by atoms with Gasteiger partial charge < -0.3 is 25.3 Å². The first kappa shape index (κ1) is 37.6. The number of aromatic nitrogens is 1. The van der Waals surface area contributed by atoms with Gasteiger partial charge in [-0.15, -0.1) is 0 Å². The summed E-state index contributed by atoms with van der Waals surface area (Å²) in [4.78, 5) is 35.6. The van der Waals surface area contributed by atoms with E-state index < -0.39 is 60.8 Å². The van der Waals surface area contributed by atoms with Gasteiger partial charge in [0.1, 0.15) is 11.3 Å². The highest BCUT2D eigenvalue weighted by Gasteiger charge is 2.41. The van der Waals surface area contributed by atoms with Crippen LogP contribution >= 0.6 is 0 Å². The number of pyridine rings is 1. The number of carbonyl (C=O) groups excluding carboxylic acids is 2. The molecule has 1 aliphatic carbocycles. The van der Waals surface area contributed by atoms with Crippen LogP contribution in [0.25, 0.3) is 11.0 Å². The van der Waals surface area contributed by atoms with Crippen LogP contribution in [0.4, 0.5) is 13.2 Å². The maximum Gasteiger partial charge on any atom is 0.401 e. The zero-order chi connectivity index (χ0) is 37.0. The Morgan fingerprint density at radius 2 is 1.81 bits per heavy atom. The lowest BCUT2D eigenvalue weighted by Crippen LogP contribution is -2.62. The molecule has 0 spiro atoms. The summed E-state index contributed by atoms with van der Waals surface area (Å²) >= 11 is 0. The van der Waals surface area contributed by atoms with E-state index in [1.165, 1.54) is 0 Å². The number of hydrogen-bond donors (Lipinski definition) is 4. The number of furan rings is 1. The highest BCUT2D eigenvalue weighted by atomic mass is 19.4. The van der Waals surface area contributed by atoms with E-state index in [2.05, 4.69) is 20.5 Å². The zero-order valence-electron chi connectivity index (χ0n) is 29.4. The van der Waals surface area contributed by atoms with Gasteiger partial charge in [0, 0.05) is 56.3 Å². The molecule has 1 fully saturated rings. The summed E-state index contributed by atoms with van der Waals surface area (Å²) < 4.78 is 45.1. The SMILES string of the molecule is CC(C)(c1cc2cnccc2o1)N1CCN(C[C@@H](O)C[C@@H](Cc2ccccc2)C(=O)N[C@H]2c3ccccc3C[C@H]2O)[C@H](C(=O)CNCC(F)(F)F)C1. The van der Waals surface area contributed by atoms with Crippen molar-refractivity contribution < 1.29 is 37.4 Å². The Morgan fingerprint density at radius 1 is 1.06 bits per heavy atom. The molecule has 0 radical (unpaired) electrons. The molecule has 1 aliphatic heterocycles. The lowest BCUT2D eigenvalue weighted by Gasteiger charge is -2.47. The fourth-order valence-corrected chi connectivity index (χ4v) is 7.51. The molecule has 3 heterocycles. The molecule has 52 heavy (non-hydrogen) atoms. The fraction of sp³-hybridized carbons (Fsp3) is 0.462. The number of β-amino-alcohol motifs (C(OH)–C–C–N with tert-alkyl or cyclic N) is 1. The summed E-state index contributed by atoms with van der Waals surface area (Å²) in [5, 5.41) is 28.5. The van der Waals surface area contributed by atoms with Crippen molar-refractivity contribution in [3.05, 3.63) is 102 Å². The second-order valence-corrected chi connectivity index (χ2v) is 14.5. The largest absolute Gasteiger partial charge is 0.459 e. The average molecular weight is 722 g/mol. The van der Waals surface area contributed by atoms with Gasteiger partial charge in [0.15, 0.2) is 5.78 Å². The maximum absolute atomic E-state index is 13.9. The number of alkyl halides is 3. The molecule has 4 aromatic rings. The summed E-state index contributed by atoms with van der Waals surface area (Å²) in [6, 6.07) is 19.3. The number of nitrogens with one attached hydrogen (secondary N) is 2. The van der Waals surface area contributed by atoms with Gasteiger partial charge in [-0.25, -0.2) is 0 Å². The third-order valence-corrected chi connectivity index (χ3v) is 10.4. The first-order valence-electron chi connectivity index (χ1n) is 17.7. The molecule has 0 saturated carbocycles. The van der Waals surface area contributed by atoms with Crippen LogP contribution in [0.5, 0.6) is 0 Å². The van der Waals surface area contributed by atoms with E-state index in [-0.39, 0.29) is 25.4 Å². The minimum absolute atomic E-state index is 0.0354. The molecule has 1 saturated heterocycles. The van der Waals surface area contributed by atoms with Crippen molar-refractivity contribution in [2.75, 3.05) is 39.3 Å². The van der Waals surface area contributed by atoms with Crippen molar-refractivity contribution in [3.63, 3.8) is 0 Å². The van der Waals surface area contributed by atoms with Gasteiger partial charge in [-0.05, 0) is 55.5 Å². The van der Waals surface area contributed by atoms with Gasteiger partial charge in [-0.1, -0.05) is 54.6 Å². The molecule has 10 nitrogen and oxygen atoms in total. The Morgan fingerprint density at radius 3 is 2.56 bits per heavy atom. The summed E-state index contributed by atoms with van der Waals surface area (Å²) in [6.07, 6.45) is -2.12. The predicted octanol–water partition coefficient (Wildman–Crippen LogP) is 4.15. The van der Waals surface area contributed by atoms with Crippen molar-refractivity contribution in [2.24, 2.45) is 5.92 Å². The van der Waals surface area contributed by atoms with Gasteiger partial charge in [0.25, 0.3) is 0 Å². The third kappa shape index (κ3) is 8.89. The minimum Gasteiger partial charge on any atom is -0.459 e. The van der Waals surface area contributed by atoms with Crippen LogP contribution < -0.4 is 10.6 Å². The zero-order valence-corrected chi connectivity index (χ0v) is 29.4. The van der Waals surface area contributed by atoms with Crippen molar-refractivity contribution in [1.82, 2.24) is 25.4 Å². The second-order valence-electron chi connectivity index (χ2n) is 14.5. The summed E-state index contributed by atoms with van der Waals surface area (Å²) in [5.41, 5.74) is 2.74. The number of ketones is 1. The van der Waals surface area contributed by atoms with E-state index in [9.17, 15) is 33.0 Å². The van der Waals surface area contributed by atoms with Crippen molar-refractivity contribution in [1.29, 1.82) is 0 Å². The predicted molar refractivity (Wildman–Crippen MR) is 189 cm³/mol. The number of fused-ring (bicyclic) bond motifs is 2. The summed E-state index contributed by atoms with van der Waals surface area (Å²) in [5.74, 6) is -0.739. The Balaban J connectivity index is 1.18. The molecule has 0 unspecified atom stereocenters. The molecule has 5 atom stereocenters. The highest BCUT2D eigenvalue weighted by molar-refractivity contribution is 5.86. The van der Waals surface area contributed by atoms with Gasteiger partial charge in [-0.2, -0.15) is 13.2 Å². The van der Waals surface area contributed by atoms with Gasteiger partial charge in [0.05, 0.1) is 42.9 Å². The topological polar surface area (TPSA) is 131 Å². The lowest BCUT2D eigenvalue weighted by molar-refractivity contribution is -0.133. The Hall–Kier alpha value is -4.14. The molecule has 0 bridgehead atoms. The quantitative estimate of drug-likeness (QED) is 0.152. The smallest absolute Gasteiger partial charge is 0.401 e. The number of nitrogens with zero attached hydrogens (tertiary/aromatic N) is 3. The lowest BCUT2D eigenvalue weighted by atomic mass is 9.91. The van der Waals surface area contributed by atoms with E-state index in [4.69, 9.17) is 4.42 Å². The Bertz CT molecular complexity index is 1800. The van der Waals surface area contributed by atoms with Crippen LogP contribution in [0.2, 0.25) is 0 Å². The fourth-order valence-electron chi connectivity index (χ4n) is 7.51. The number of aliphatic hydroxyl groups is 2. The molecule has 6 rings (SSSR count). The van der Waals surface area contributed by atoms with E-state index in [1.54, 1.807) is 18.5 Å². The molecule has 13 heteroatoms. The monoisotopic (exact) mass is 721 g/mol. The summed E-state index contributed by atoms with van der Waals surface area (Å²) in [7, 11) is 0. The third-order valence-electron chi connectivity index (χ3n) is 10.4. The normalized spacial score (nSPS) is 21.2. The Kier molecular flexibility index (Phi) is 11.5. The standard InChI is InChI=1S/C39H46F3N5O5/c1-38(2,35-19-28-20-43-13-12-34(28)52-35)47-15-14-46(31(23-47)33(50)21-44-24-39(40,41)42)22-29(48)17-27(16-25-8-4-3-5-9-25)37(51)45-36-30-11-7-6-10-26(30)18-32(36)49/h3-13,19-20,27,29,31-32,36,44,48-49H,14-18,21-24H2,1-2H3,(H,45,51)/t27-,29+,31+,32-,36+/m1/s1. The number of piperazine rings is 1. The number of Topliss-reactive ketones (excluding diaryl/α,β-unsaturated/α-hetero) is 1. The van der Waals surface area contributed by atoms with Gasteiger partial charge >= 0.3 is 6.18 Å². The molecular formula is C39H46F3N5O5. The van der Waals surface area contributed by atoms with E-state index >= 15 is 0 Å². The maximum atomic E-state index is 13.9. The highest BCUT2D eigenvalue weighted by Crippen LogP contribution is 2.35. The van der Waals surface area contributed by atoms with Crippen LogP contribution in [0.15, 0.2) is 83.5 Å². The van der Waals surface area contributed by atoms with Crippen molar-refractivity contribution in [2.45, 2.75) is 69.1 Å². The number of rotatable bonds is 14. The number of amides is 1. The van der Waals surface area contributed by atoms with Crippen LogP contribution in [0.3, 0.4) is 0 Å². The second kappa shape index (κ2) is 15.8. The molecule has 2 aliphatic rings. The minimum atomic E-state index is -4.47. The van der Waals surface area contributed by atoms with Gasteiger partial charge in [-0.3, -0.25) is 24.4 Å².